The van der Waals surface area contributed by atoms with E-state index in [1.165, 1.54) is 5.56 Å². The summed E-state index contributed by atoms with van der Waals surface area (Å²) in [5.41, 5.74) is 2.37. The van der Waals surface area contributed by atoms with Gasteiger partial charge in [-0.25, -0.2) is 4.68 Å². The summed E-state index contributed by atoms with van der Waals surface area (Å²) in [6.07, 6.45) is 6.01. The van der Waals surface area contributed by atoms with Crippen molar-refractivity contribution >= 4 is 0 Å². The summed E-state index contributed by atoms with van der Waals surface area (Å²) in [7, 11) is 1.94. The van der Waals surface area contributed by atoms with Crippen molar-refractivity contribution in [1.82, 2.24) is 29.4 Å². The molecule has 1 fully saturated rings. The van der Waals surface area contributed by atoms with Crippen LogP contribution in [0.3, 0.4) is 0 Å². The Kier molecular flexibility index (Phi) is 4.81. The summed E-state index contributed by atoms with van der Waals surface area (Å²) in [5, 5.41) is 22.1. The molecule has 26 heavy (non-hydrogen) atoms. The van der Waals surface area contributed by atoms with Crippen molar-refractivity contribution in [3.8, 4) is 5.69 Å². The fourth-order valence-electron chi connectivity index (χ4n) is 3.76. The lowest BCUT2D eigenvalue weighted by Gasteiger charge is -2.32. The first-order chi connectivity index (χ1) is 12.7. The van der Waals surface area contributed by atoms with Crippen LogP contribution in [-0.2, 0) is 20.2 Å². The number of benzene rings is 1. The summed E-state index contributed by atoms with van der Waals surface area (Å²) in [6.45, 7) is 2.90. The van der Waals surface area contributed by atoms with Crippen LogP contribution < -0.4 is 0 Å². The molecule has 0 aliphatic carbocycles. The Balaban J connectivity index is 1.47. The predicted molar refractivity (Wildman–Crippen MR) is 97.7 cm³/mol. The van der Waals surface area contributed by atoms with E-state index in [-0.39, 0.29) is 6.61 Å². The van der Waals surface area contributed by atoms with Gasteiger partial charge in [0.15, 0.2) is 5.82 Å². The summed E-state index contributed by atoms with van der Waals surface area (Å²) in [4.78, 5) is 2.48. The average molecular weight is 352 g/mol. The van der Waals surface area contributed by atoms with Gasteiger partial charge in [-0.3, -0.25) is 4.90 Å². The van der Waals surface area contributed by atoms with Crippen molar-refractivity contribution in [2.75, 3.05) is 13.1 Å². The SMILES string of the molecule is Cn1c(CO)nnc1[C@@H]1CCCN(Cc2cccc(-n3cccn3)c2)C1. The fourth-order valence-corrected chi connectivity index (χ4v) is 3.76. The normalized spacial score (nSPS) is 18.3. The van der Waals surface area contributed by atoms with Crippen molar-refractivity contribution in [1.29, 1.82) is 0 Å². The van der Waals surface area contributed by atoms with Gasteiger partial charge in [-0.2, -0.15) is 5.10 Å². The van der Waals surface area contributed by atoms with Gasteiger partial charge in [0, 0.05) is 38.4 Å². The number of aliphatic hydroxyl groups excluding tert-OH is 1. The van der Waals surface area contributed by atoms with Gasteiger partial charge in [0.2, 0.25) is 0 Å². The second-order valence-corrected chi connectivity index (χ2v) is 6.89. The number of hydrogen-bond acceptors (Lipinski definition) is 5. The van der Waals surface area contributed by atoms with Gasteiger partial charge in [-0.05, 0) is 43.1 Å². The van der Waals surface area contributed by atoms with Gasteiger partial charge in [-0.15, -0.1) is 10.2 Å². The minimum Gasteiger partial charge on any atom is -0.388 e. The van der Waals surface area contributed by atoms with Crippen molar-refractivity contribution in [3.63, 3.8) is 0 Å². The lowest BCUT2D eigenvalue weighted by molar-refractivity contribution is 0.194. The van der Waals surface area contributed by atoms with Crippen LogP contribution in [0.25, 0.3) is 5.69 Å². The third kappa shape index (κ3) is 3.40. The summed E-state index contributed by atoms with van der Waals surface area (Å²) in [5.74, 6) is 1.96. The molecule has 7 nitrogen and oxygen atoms in total. The molecule has 0 saturated carbocycles. The maximum Gasteiger partial charge on any atom is 0.158 e. The number of aromatic nitrogens is 5. The van der Waals surface area contributed by atoms with Crippen LogP contribution in [0, 0.1) is 0 Å². The molecule has 1 N–H and O–H groups in total. The Bertz CT molecular complexity index is 857. The van der Waals surface area contributed by atoms with Gasteiger partial charge in [0.1, 0.15) is 12.4 Å². The van der Waals surface area contributed by atoms with E-state index in [9.17, 15) is 5.11 Å². The van der Waals surface area contributed by atoms with Crippen LogP contribution in [-0.4, -0.2) is 47.6 Å². The molecule has 2 aromatic heterocycles. The molecular weight excluding hydrogens is 328 g/mol. The largest absolute Gasteiger partial charge is 0.388 e. The number of hydrogen-bond donors (Lipinski definition) is 1. The molecule has 0 spiro atoms. The van der Waals surface area contributed by atoms with Gasteiger partial charge in [0.25, 0.3) is 0 Å². The molecule has 3 heterocycles. The van der Waals surface area contributed by atoms with Crippen LogP contribution in [0.4, 0.5) is 0 Å². The zero-order valence-corrected chi connectivity index (χ0v) is 15.0. The van der Waals surface area contributed by atoms with E-state index in [2.05, 4.69) is 44.5 Å². The Labute approximate surface area is 152 Å². The molecule has 4 rings (SSSR count). The lowest BCUT2D eigenvalue weighted by Crippen LogP contribution is -2.34. The van der Waals surface area contributed by atoms with E-state index < -0.39 is 0 Å². The minimum absolute atomic E-state index is 0.0693. The topological polar surface area (TPSA) is 72.0 Å². The molecule has 136 valence electrons. The van der Waals surface area contributed by atoms with E-state index in [0.29, 0.717) is 11.7 Å². The summed E-state index contributed by atoms with van der Waals surface area (Å²) in [6, 6.07) is 10.5. The van der Waals surface area contributed by atoms with Crippen molar-refractivity contribution in [2.24, 2.45) is 7.05 Å². The van der Waals surface area contributed by atoms with Crippen LogP contribution >= 0.6 is 0 Å². The summed E-state index contributed by atoms with van der Waals surface area (Å²) < 4.78 is 3.82. The minimum atomic E-state index is -0.0693. The maximum absolute atomic E-state index is 9.34. The van der Waals surface area contributed by atoms with Gasteiger partial charge in [-0.1, -0.05) is 12.1 Å². The molecule has 0 unspecified atom stereocenters. The maximum atomic E-state index is 9.34. The average Bonchev–Trinajstić information content (AvgIpc) is 3.32. The fraction of sp³-hybridized carbons (Fsp3) is 0.421. The Morgan fingerprint density at radius 2 is 2.15 bits per heavy atom. The quantitative estimate of drug-likeness (QED) is 0.759. The zero-order valence-electron chi connectivity index (χ0n) is 15.0. The molecule has 0 radical (unpaired) electrons. The number of nitrogens with zero attached hydrogens (tertiary/aromatic N) is 6. The molecule has 1 saturated heterocycles. The highest BCUT2D eigenvalue weighted by atomic mass is 16.3. The molecule has 1 aliphatic rings. The molecule has 3 aromatic rings. The van der Waals surface area contributed by atoms with E-state index in [1.54, 1.807) is 6.20 Å². The summed E-state index contributed by atoms with van der Waals surface area (Å²) >= 11 is 0. The molecule has 7 heteroatoms. The van der Waals surface area contributed by atoms with Crippen molar-refractivity contribution in [2.45, 2.75) is 31.9 Å². The number of piperidine rings is 1. The zero-order chi connectivity index (χ0) is 17.9. The third-order valence-electron chi connectivity index (χ3n) is 5.10. The predicted octanol–water partition coefficient (Wildman–Crippen LogP) is 1.87. The first-order valence-electron chi connectivity index (χ1n) is 9.05. The first-order valence-corrected chi connectivity index (χ1v) is 9.05. The molecule has 0 amide bonds. The third-order valence-corrected chi connectivity index (χ3v) is 5.10. The molecule has 1 aromatic carbocycles. The number of rotatable bonds is 5. The number of aliphatic hydroxyl groups is 1. The van der Waals surface area contributed by atoms with Crippen LogP contribution in [0.1, 0.15) is 36.0 Å². The van der Waals surface area contributed by atoms with Gasteiger partial charge < -0.3 is 9.67 Å². The van der Waals surface area contributed by atoms with E-state index in [1.807, 2.05) is 28.6 Å². The van der Waals surface area contributed by atoms with E-state index >= 15 is 0 Å². The molecule has 1 aliphatic heterocycles. The highest BCUT2D eigenvalue weighted by molar-refractivity contribution is 5.35. The van der Waals surface area contributed by atoms with Crippen LogP contribution in [0.2, 0.25) is 0 Å². The molecule has 1 atom stereocenters. The Morgan fingerprint density at radius 1 is 1.23 bits per heavy atom. The van der Waals surface area contributed by atoms with E-state index in [4.69, 9.17) is 0 Å². The van der Waals surface area contributed by atoms with Crippen LogP contribution in [0.15, 0.2) is 42.7 Å². The Morgan fingerprint density at radius 3 is 2.92 bits per heavy atom. The lowest BCUT2D eigenvalue weighted by atomic mass is 9.96. The molecule has 0 bridgehead atoms. The standard InChI is InChI=1S/C19H24N6O/c1-23-18(14-26)21-22-19(23)16-6-3-9-24(13-16)12-15-5-2-7-17(11-15)25-10-4-8-20-25/h2,4-5,7-8,10-11,16,26H,3,6,9,12-14H2,1H3/t16-/m1/s1. The second kappa shape index (κ2) is 7.39. The van der Waals surface area contributed by atoms with Crippen molar-refractivity contribution in [3.05, 3.63) is 59.9 Å². The monoisotopic (exact) mass is 352 g/mol. The Hall–Kier alpha value is -2.51. The highest BCUT2D eigenvalue weighted by Crippen LogP contribution is 2.27. The van der Waals surface area contributed by atoms with Crippen LogP contribution in [0.5, 0.6) is 0 Å². The van der Waals surface area contributed by atoms with Gasteiger partial charge >= 0.3 is 0 Å². The number of likely N-dealkylation sites (tertiary alicyclic amines) is 1. The highest BCUT2D eigenvalue weighted by Gasteiger charge is 2.25. The smallest absolute Gasteiger partial charge is 0.158 e. The van der Waals surface area contributed by atoms with E-state index in [0.717, 1.165) is 44.0 Å². The molecular formula is C19H24N6O. The first kappa shape index (κ1) is 16.9. The second-order valence-electron chi connectivity index (χ2n) is 6.89. The van der Waals surface area contributed by atoms with Gasteiger partial charge in [0.05, 0.1) is 5.69 Å². The van der Waals surface area contributed by atoms with Crippen molar-refractivity contribution < 1.29 is 5.11 Å².